The Morgan fingerprint density at radius 1 is 1.38 bits per heavy atom. The largest absolute Gasteiger partial charge is 0.489 e. The van der Waals surface area contributed by atoms with Crippen LogP contribution in [-0.4, -0.2) is 30.0 Å². The maximum atomic E-state index is 12.0. The van der Waals surface area contributed by atoms with Gasteiger partial charge in [0, 0.05) is 31.6 Å². The van der Waals surface area contributed by atoms with Gasteiger partial charge in [-0.25, -0.2) is 0 Å². The zero-order valence-corrected chi connectivity index (χ0v) is 14.2. The van der Waals surface area contributed by atoms with Gasteiger partial charge in [-0.15, -0.1) is 0 Å². The van der Waals surface area contributed by atoms with Gasteiger partial charge < -0.3 is 14.5 Å². The van der Waals surface area contributed by atoms with Gasteiger partial charge in [-0.2, -0.15) is 0 Å². The summed E-state index contributed by atoms with van der Waals surface area (Å²) in [5.41, 5.74) is 2.42. The second-order valence-electron chi connectivity index (χ2n) is 6.38. The van der Waals surface area contributed by atoms with Gasteiger partial charge in [-0.05, 0) is 32.0 Å². The van der Waals surface area contributed by atoms with Crippen molar-refractivity contribution in [3.05, 3.63) is 53.5 Å². The van der Waals surface area contributed by atoms with E-state index in [4.69, 9.17) is 9.15 Å². The first kappa shape index (κ1) is 16.6. The molecule has 1 aliphatic heterocycles. The van der Waals surface area contributed by atoms with Gasteiger partial charge in [-0.1, -0.05) is 17.7 Å². The molecule has 0 bridgehead atoms. The minimum atomic E-state index is 0.0358. The van der Waals surface area contributed by atoms with E-state index in [-0.39, 0.29) is 12.0 Å². The first-order chi connectivity index (χ1) is 11.6. The number of hydrogen-bond acceptors (Lipinski definition) is 4. The third-order valence-corrected chi connectivity index (χ3v) is 4.15. The Bertz CT molecular complexity index is 682. The molecule has 0 unspecified atom stereocenters. The Labute approximate surface area is 142 Å². The van der Waals surface area contributed by atoms with E-state index in [0.29, 0.717) is 19.5 Å². The Hall–Kier alpha value is -2.27. The number of aryl methyl sites for hydroxylation is 1. The van der Waals surface area contributed by atoms with Crippen molar-refractivity contribution in [3.8, 4) is 5.75 Å². The number of furan rings is 1. The molecule has 3 rings (SSSR count). The number of amides is 1. The zero-order chi connectivity index (χ0) is 16.9. The minimum absolute atomic E-state index is 0.0358. The third-order valence-electron chi connectivity index (χ3n) is 4.15. The van der Waals surface area contributed by atoms with Crippen LogP contribution < -0.4 is 10.1 Å². The van der Waals surface area contributed by atoms with Crippen LogP contribution in [0.2, 0.25) is 0 Å². The van der Waals surface area contributed by atoms with Gasteiger partial charge in [0.05, 0.1) is 12.8 Å². The van der Waals surface area contributed by atoms with Gasteiger partial charge in [0.25, 0.3) is 0 Å². The van der Waals surface area contributed by atoms with E-state index < -0.39 is 0 Å². The fraction of sp³-hybridized carbons (Fsp3) is 0.421. The van der Waals surface area contributed by atoms with Crippen LogP contribution in [0.5, 0.6) is 5.75 Å². The zero-order valence-electron chi connectivity index (χ0n) is 14.2. The van der Waals surface area contributed by atoms with Crippen LogP contribution in [0.3, 0.4) is 0 Å². The van der Waals surface area contributed by atoms with E-state index in [1.54, 1.807) is 6.26 Å². The molecular weight excluding hydrogens is 304 g/mol. The number of carbonyl (C=O) groups is 1. The van der Waals surface area contributed by atoms with Crippen molar-refractivity contribution in [3.63, 3.8) is 0 Å². The maximum absolute atomic E-state index is 12.0. The summed E-state index contributed by atoms with van der Waals surface area (Å²) in [5, 5.41) is 2.89. The highest BCUT2D eigenvalue weighted by atomic mass is 16.5. The topological polar surface area (TPSA) is 54.7 Å². The number of benzene rings is 1. The average Bonchev–Trinajstić information content (AvgIpc) is 3.01. The normalized spacial score (nSPS) is 17.7. The number of fused-ring (bicyclic) bond motifs is 1. The standard InChI is InChI=1S/C19H24N2O3/c1-14-5-6-18-16(10-14)13-21(12-15(2)24-18)8-7-19(22)20-11-17-4-3-9-23-17/h3-6,9-10,15H,7-8,11-13H2,1-2H3,(H,20,22)/t15-/m1/s1. The van der Waals surface area contributed by atoms with Crippen LogP contribution in [0.1, 0.15) is 30.2 Å². The number of carbonyl (C=O) groups excluding carboxylic acids is 1. The van der Waals surface area contributed by atoms with Gasteiger partial charge >= 0.3 is 0 Å². The van der Waals surface area contributed by atoms with Crippen molar-refractivity contribution in [2.75, 3.05) is 13.1 Å². The SMILES string of the molecule is Cc1ccc2c(c1)CN(CCC(=O)NCc1ccco1)C[C@@H](C)O2. The summed E-state index contributed by atoms with van der Waals surface area (Å²) in [6.45, 7) is 6.93. The fourth-order valence-corrected chi connectivity index (χ4v) is 2.99. The van der Waals surface area contributed by atoms with Gasteiger partial charge in [-0.3, -0.25) is 9.69 Å². The van der Waals surface area contributed by atoms with E-state index in [2.05, 4.69) is 36.2 Å². The number of nitrogens with one attached hydrogen (secondary N) is 1. The van der Waals surface area contributed by atoms with Crippen molar-refractivity contribution in [2.24, 2.45) is 0 Å². The van der Waals surface area contributed by atoms with Crippen LogP contribution in [0.25, 0.3) is 0 Å². The molecule has 1 aromatic heterocycles. The van der Waals surface area contributed by atoms with Gasteiger partial charge in [0.15, 0.2) is 0 Å². The molecule has 1 aliphatic rings. The van der Waals surface area contributed by atoms with Gasteiger partial charge in [0.1, 0.15) is 17.6 Å². The van der Waals surface area contributed by atoms with Gasteiger partial charge in [0.2, 0.25) is 5.91 Å². The second kappa shape index (κ2) is 7.53. The minimum Gasteiger partial charge on any atom is -0.489 e. The Kier molecular flexibility index (Phi) is 5.20. The molecule has 0 saturated carbocycles. The number of rotatable bonds is 5. The molecule has 1 atom stereocenters. The van der Waals surface area contributed by atoms with E-state index in [1.165, 1.54) is 11.1 Å². The van der Waals surface area contributed by atoms with Crippen LogP contribution in [0.15, 0.2) is 41.0 Å². The molecule has 24 heavy (non-hydrogen) atoms. The molecule has 0 saturated heterocycles. The predicted octanol–water partition coefficient (Wildman–Crippen LogP) is 2.88. The molecule has 0 spiro atoms. The second-order valence-corrected chi connectivity index (χ2v) is 6.38. The summed E-state index contributed by atoms with van der Waals surface area (Å²) in [6, 6.07) is 9.95. The molecule has 0 fully saturated rings. The number of ether oxygens (including phenoxy) is 1. The molecule has 1 amide bonds. The summed E-state index contributed by atoms with van der Waals surface area (Å²) in [6.07, 6.45) is 2.19. The Morgan fingerprint density at radius 3 is 3.04 bits per heavy atom. The fourth-order valence-electron chi connectivity index (χ4n) is 2.99. The highest BCUT2D eigenvalue weighted by molar-refractivity contribution is 5.75. The third kappa shape index (κ3) is 4.38. The maximum Gasteiger partial charge on any atom is 0.221 e. The molecule has 5 heteroatoms. The average molecular weight is 328 g/mol. The van der Waals surface area contributed by atoms with E-state index in [0.717, 1.165) is 24.6 Å². The lowest BCUT2D eigenvalue weighted by atomic mass is 10.1. The van der Waals surface area contributed by atoms with Crippen molar-refractivity contribution in [1.82, 2.24) is 10.2 Å². The molecule has 1 N–H and O–H groups in total. The Morgan fingerprint density at radius 2 is 2.25 bits per heavy atom. The molecule has 2 aromatic rings. The molecule has 1 aromatic carbocycles. The van der Waals surface area contributed by atoms with Crippen LogP contribution >= 0.6 is 0 Å². The summed E-state index contributed by atoms with van der Waals surface area (Å²) in [5.74, 6) is 1.76. The molecule has 0 radical (unpaired) electrons. The number of nitrogens with zero attached hydrogens (tertiary/aromatic N) is 1. The summed E-state index contributed by atoms with van der Waals surface area (Å²) in [4.78, 5) is 14.3. The Balaban J connectivity index is 1.53. The highest BCUT2D eigenvalue weighted by Crippen LogP contribution is 2.26. The lowest BCUT2D eigenvalue weighted by Gasteiger charge is -2.21. The van der Waals surface area contributed by atoms with Crippen molar-refractivity contribution in [2.45, 2.75) is 39.5 Å². The first-order valence-electron chi connectivity index (χ1n) is 8.38. The molecule has 5 nitrogen and oxygen atoms in total. The van der Waals surface area contributed by atoms with E-state index >= 15 is 0 Å². The van der Waals surface area contributed by atoms with Crippen molar-refractivity contribution < 1.29 is 13.9 Å². The van der Waals surface area contributed by atoms with Crippen molar-refractivity contribution in [1.29, 1.82) is 0 Å². The van der Waals surface area contributed by atoms with Crippen molar-refractivity contribution >= 4 is 5.91 Å². The smallest absolute Gasteiger partial charge is 0.221 e. The molecule has 2 heterocycles. The molecular formula is C19H24N2O3. The predicted molar refractivity (Wildman–Crippen MR) is 91.7 cm³/mol. The van der Waals surface area contributed by atoms with E-state index in [1.807, 2.05) is 18.2 Å². The monoisotopic (exact) mass is 328 g/mol. The highest BCUT2D eigenvalue weighted by Gasteiger charge is 2.20. The lowest BCUT2D eigenvalue weighted by Crippen LogP contribution is -2.34. The summed E-state index contributed by atoms with van der Waals surface area (Å²) < 4.78 is 11.2. The van der Waals surface area contributed by atoms with Crippen LogP contribution in [0.4, 0.5) is 0 Å². The van der Waals surface area contributed by atoms with Crippen LogP contribution in [0, 0.1) is 6.92 Å². The quantitative estimate of drug-likeness (QED) is 0.917. The summed E-state index contributed by atoms with van der Waals surface area (Å²) >= 11 is 0. The molecule has 0 aliphatic carbocycles. The summed E-state index contributed by atoms with van der Waals surface area (Å²) in [7, 11) is 0. The van der Waals surface area contributed by atoms with E-state index in [9.17, 15) is 4.79 Å². The molecule has 128 valence electrons. The number of hydrogen-bond donors (Lipinski definition) is 1. The van der Waals surface area contributed by atoms with Crippen LogP contribution in [-0.2, 0) is 17.9 Å². The first-order valence-corrected chi connectivity index (χ1v) is 8.38. The lowest BCUT2D eigenvalue weighted by molar-refractivity contribution is -0.121.